The fourth-order valence-corrected chi connectivity index (χ4v) is 4.00. The molecule has 0 aliphatic rings. The molecule has 2 N–H and O–H groups in total. The maximum atomic E-state index is 12.9. The van der Waals surface area contributed by atoms with Crippen LogP contribution in [0.25, 0.3) is 11.3 Å². The molecule has 218 valence electrons. The van der Waals surface area contributed by atoms with E-state index in [-0.39, 0.29) is 29.7 Å². The number of aliphatic hydroxyl groups is 1. The number of nitrogens with zero attached hydrogens (tertiary/aromatic N) is 2. The van der Waals surface area contributed by atoms with Gasteiger partial charge >= 0.3 is 6.18 Å². The number of halogens is 3. The van der Waals surface area contributed by atoms with Gasteiger partial charge < -0.3 is 19.7 Å². The summed E-state index contributed by atoms with van der Waals surface area (Å²) >= 11 is 0. The molecule has 1 aromatic heterocycles. The Morgan fingerprint density at radius 3 is 2.27 bits per heavy atom. The minimum absolute atomic E-state index is 0.0533. The van der Waals surface area contributed by atoms with Gasteiger partial charge in [-0.25, -0.2) is 4.98 Å². The number of aryl methyl sites for hydroxylation is 2. The molecule has 0 saturated carbocycles. The Morgan fingerprint density at radius 1 is 1.12 bits per heavy atom. The number of carbonyl (C=O) groups is 2. The van der Waals surface area contributed by atoms with Crippen LogP contribution in [-0.2, 0) is 13.0 Å². The first-order chi connectivity index (χ1) is 18.9. The SMILES string of the molecule is CC.CCn1cc(-c2ccc(C[C@@H](CCO)NC(=O)c3ccc(OC(C)C(F)(F)F)c(C)c3)cc2)nc1C(C)=O. The number of alkyl halides is 3. The first-order valence-corrected chi connectivity index (χ1v) is 13.4. The Balaban J connectivity index is 0.00000274. The van der Waals surface area contributed by atoms with E-state index < -0.39 is 18.2 Å². The Labute approximate surface area is 233 Å². The standard InChI is InChI=1S/C28H32F3N3O4.C2H6/c1-5-34-16-24(33-26(34)18(3)36)21-8-6-20(7-9-21)15-23(12-13-35)32-27(37)22-10-11-25(17(2)14-22)38-19(4)28(29,30)31;1-2/h6-11,14,16,19,23,35H,5,12-13,15H2,1-4H3,(H,32,37);1-2H3/t19?,23-;/m1./s1. The second-order valence-corrected chi connectivity index (χ2v) is 9.16. The highest BCUT2D eigenvalue weighted by Crippen LogP contribution is 2.27. The lowest BCUT2D eigenvalue weighted by atomic mass is 10.0. The molecule has 2 atom stereocenters. The number of ketones is 1. The van der Waals surface area contributed by atoms with Crippen molar-refractivity contribution in [3.8, 4) is 17.0 Å². The Bertz CT molecular complexity index is 1270. The van der Waals surface area contributed by atoms with Crippen LogP contribution in [0.1, 0.15) is 73.1 Å². The van der Waals surface area contributed by atoms with Crippen molar-refractivity contribution in [3.63, 3.8) is 0 Å². The zero-order valence-electron chi connectivity index (χ0n) is 23.8. The van der Waals surface area contributed by atoms with Crippen LogP contribution in [0.3, 0.4) is 0 Å². The minimum Gasteiger partial charge on any atom is -0.481 e. The summed E-state index contributed by atoms with van der Waals surface area (Å²) in [5, 5.41) is 12.4. The van der Waals surface area contributed by atoms with Gasteiger partial charge in [0.15, 0.2) is 17.7 Å². The van der Waals surface area contributed by atoms with Crippen molar-refractivity contribution in [2.24, 2.45) is 0 Å². The molecule has 0 aliphatic carbocycles. The normalized spacial score (nSPS) is 12.7. The number of benzene rings is 2. The van der Waals surface area contributed by atoms with Crippen molar-refractivity contribution in [3.05, 3.63) is 71.2 Å². The highest BCUT2D eigenvalue weighted by atomic mass is 19.4. The first kappa shape index (κ1) is 32.6. The molecule has 0 radical (unpaired) electrons. The van der Waals surface area contributed by atoms with Crippen LogP contribution in [0.5, 0.6) is 5.75 Å². The van der Waals surface area contributed by atoms with Gasteiger partial charge in [-0.05, 0) is 62.9 Å². The average molecular weight is 562 g/mol. The lowest BCUT2D eigenvalue weighted by Crippen LogP contribution is -2.37. The molecule has 0 bridgehead atoms. The predicted molar refractivity (Wildman–Crippen MR) is 149 cm³/mol. The highest BCUT2D eigenvalue weighted by molar-refractivity contribution is 5.94. The van der Waals surface area contributed by atoms with Crippen LogP contribution >= 0.6 is 0 Å². The summed E-state index contributed by atoms with van der Waals surface area (Å²) in [6.07, 6.45) is -3.85. The molecule has 0 aliphatic heterocycles. The summed E-state index contributed by atoms with van der Waals surface area (Å²) in [6.45, 7) is 10.4. The molecule has 1 unspecified atom stereocenters. The number of imidazole rings is 1. The predicted octanol–water partition coefficient (Wildman–Crippen LogP) is 6.16. The van der Waals surface area contributed by atoms with E-state index in [4.69, 9.17) is 4.74 Å². The number of rotatable bonds is 11. The minimum atomic E-state index is -4.49. The highest BCUT2D eigenvalue weighted by Gasteiger charge is 2.38. The smallest absolute Gasteiger partial charge is 0.425 e. The van der Waals surface area contributed by atoms with Crippen LogP contribution in [0.15, 0.2) is 48.7 Å². The number of hydrogen-bond donors (Lipinski definition) is 2. The molecular weight excluding hydrogens is 523 g/mol. The molecule has 3 rings (SSSR count). The van der Waals surface area contributed by atoms with Crippen molar-refractivity contribution in [1.29, 1.82) is 0 Å². The topological polar surface area (TPSA) is 93.4 Å². The quantitative estimate of drug-likeness (QED) is 0.274. The van der Waals surface area contributed by atoms with Crippen molar-refractivity contribution in [2.75, 3.05) is 6.61 Å². The van der Waals surface area contributed by atoms with E-state index in [1.54, 1.807) is 11.5 Å². The summed E-state index contributed by atoms with van der Waals surface area (Å²) in [5.74, 6) is -0.0504. The van der Waals surface area contributed by atoms with E-state index in [1.165, 1.54) is 25.1 Å². The largest absolute Gasteiger partial charge is 0.481 e. The van der Waals surface area contributed by atoms with Gasteiger partial charge in [0.05, 0.1) is 5.69 Å². The van der Waals surface area contributed by atoms with Crippen molar-refractivity contribution >= 4 is 11.7 Å². The maximum Gasteiger partial charge on any atom is 0.425 e. The number of hydrogen-bond acceptors (Lipinski definition) is 5. The van der Waals surface area contributed by atoms with E-state index in [1.807, 2.05) is 51.2 Å². The molecule has 2 aromatic carbocycles. The van der Waals surface area contributed by atoms with Crippen molar-refractivity contribution in [2.45, 2.75) is 79.3 Å². The van der Waals surface area contributed by atoms with Gasteiger partial charge in [0.2, 0.25) is 0 Å². The number of nitrogens with one attached hydrogen (secondary N) is 1. The van der Waals surface area contributed by atoms with Gasteiger partial charge in [0, 0.05) is 43.4 Å². The van der Waals surface area contributed by atoms with Gasteiger partial charge in [-0.2, -0.15) is 13.2 Å². The molecule has 10 heteroatoms. The summed E-state index contributed by atoms with van der Waals surface area (Å²) in [5.41, 5.74) is 3.15. The lowest BCUT2D eigenvalue weighted by Gasteiger charge is -2.20. The number of amides is 1. The lowest BCUT2D eigenvalue weighted by molar-refractivity contribution is -0.189. The zero-order valence-corrected chi connectivity index (χ0v) is 23.8. The number of Topliss-reactive ketones (excluding diaryl/α,β-unsaturated/α-hetero) is 1. The fraction of sp³-hybridized carbons (Fsp3) is 0.433. The van der Waals surface area contributed by atoms with Crippen LogP contribution in [0.4, 0.5) is 13.2 Å². The maximum absolute atomic E-state index is 12.9. The van der Waals surface area contributed by atoms with Crippen LogP contribution in [-0.4, -0.2) is 51.3 Å². The number of aromatic nitrogens is 2. The summed E-state index contributed by atoms with van der Waals surface area (Å²) < 4.78 is 45.2. The molecule has 0 saturated heterocycles. The van der Waals surface area contributed by atoms with Gasteiger partial charge in [-0.3, -0.25) is 9.59 Å². The number of aliphatic hydroxyl groups excluding tert-OH is 1. The van der Waals surface area contributed by atoms with E-state index >= 15 is 0 Å². The average Bonchev–Trinajstić information content (AvgIpc) is 3.36. The third kappa shape index (κ3) is 8.67. The van der Waals surface area contributed by atoms with Crippen LogP contribution < -0.4 is 10.1 Å². The van der Waals surface area contributed by atoms with Crippen molar-refractivity contribution < 1.29 is 32.6 Å². The van der Waals surface area contributed by atoms with Gasteiger partial charge in [0.1, 0.15) is 5.75 Å². The molecular formula is C30H38F3N3O4. The molecule has 40 heavy (non-hydrogen) atoms. The Hall–Kier alpha value is -3.66. The summed E-state index contributed by atoms with van der Waals surface area (Å²) in [6, 6.07) is 11.5. The van der Waals surface area contributed by atoms with E-state index in [0.29, 0.717) is 36.5 Å². The third-order valence-corrected chi connectivity index (χ3v) is 6.18. The van der Waals surface area contributed by atoms with E-state index in [9.17, 15) is 27.9 Å². The second-order valence-electron chi connectivity index (χ2n) is 9.16. The molecule has 1 heterocycles. The summed E-state index contributed by atoms with van der Waals surface area (Å²) in [7, 11) is 0. The molecule has 0 spiro atoms. The molecule has 3 aromatic rings. The van der Waals surface area contributed by atoms with E-state index in [2.05, 4.69) is 10.3 Å². The third-order valence-electron chi connectivity index (χ3n) is 6.18. The molecule has 1 amide bonds. The Kier molecular flexibility index (Phi) is 11.9. The van der Waals surface area contributed by atoms with Crippen LogP contribution in [0, 0.1) is 6.92 Å². The van der Waals surface area contributed by atoms with Gasteiger partial charge in [0.25, 0.3) is 5.91 Å². The Morgan fingerprint density at radius 2 is 1.77 bits per heavy atom. The number of ether oxygens (including phenoxy) is 1. The summed E-state index contributed by atoms with van der Waals surface area (Å²) in [4.78, 5) is 29.1. The van der Waals surface area contributed by atoms with Gasteiger partial charge in [-0.15, -0.1) is 0 Å². The molecule has 0 fully saturated rings. The second kappa shape index (κ2) is 14.6. The monoisotopic (exact) mass is 561 g/mol. The zero-order chi connectivity index (χ0) is 30.0. The van der Waals surface area contributed by atoms with E-state index in [0.717, 1.165) is 18.1 Å². The van der Waals surface area contributed by atoms with Crippen molar-refractivity contribution in [1.82, 2.24) is 14.9 Å². The first-order valence-electron chi connectivity index (χ1n) is 13.4. The fourth-order valence-electron chi connectivity index (χ4n) is 4.00. The number of carbonyl (C=O) groups excluding carboxylic acids is 2. The van der Waals surface area contributed by atoms with Gasteiger partial charge in [-0.1, -0.05) is 38.1 Å². The van der Waals surface area contributed by atoms with Crippen LogP contribution in [0.2, 0.25) is 0 Å². The molecule has 7 nitrogen and oxygen atoms in total.